The Labute approximate surface area is 162 Å². The first kappa shape index (κ1) is 22.2. The summed E-state index contributed by atoms with van der Waals surface area (Å²) in [6, 6.07) is 10.5. The molecule has 1 aromatic carbocycles. The van der Waals surface area contributed by atoms with E-state index in [0.717, 1.165) is 52.2 Å². The molecule has 0 radical (unpaired) electrons. The van der Waals surface area contributed by atoms with Gasteiger partial charge in [0, 0.05) is 39.3 Å². The molecule has 142 valence electrons. The lowest BCUT2D eigenvalue weighted by atomic mass is 10.1. The van der Waals surface area contributed by atoms with Gasteiger partial charge in [-0.2, -0.15) is 0 Å². The number of nitrogens with zero attached hydrogens (tertiary/aromatic N) is 2. The second-order valence-electron chi connectivity index (χ2n) is 6.40. The quantitative estimate of drug-likeness (QED) is 0.854. The third-order valence-corrected chi connectivity index (χ3v) is 4.57. The van der Waals surface area contributed by atoms with Crippen LogP contribution < -0.4 is 5.32 Å². The SMILES string of the molecule is Cl.Cl.O=C(CC1CN(Cc2ccccc2)CCO1)N1CCCNCC1. The van der Waals surface area contributed by atoms with Gasteiger partial charge in [0.1, 0.15) is 0 Å². The molecule has 0 spiro atoms. The molecule has 1 aromatic rings. The number of hydrogen-bond acceptors (Lipinski definition) is 4. The van der Waals surface area contributed by atoms with Crippen LogP contribution in [0.4, 0.5) is 0 Å². The van der Waals surface area contributed by atoms with E-state index in [1.807, 2.05) is 11.0 Å². The molecule has 2 saturated heterocycles. The lowest BCUT2D eigenvalue weighted by Gasteiger charge is -2.33. The van der Waals surface area contributed by atoms with Crippen LogP contribution in [0.5, 0.6) is 0 Å². The molecular formula is C18H29Cl2N3O2. The highest BCUT2D eigenvalue weighted by Crippen LogP contribution is 2.14. The maximum absolute atomic E-state index is 12.5. The molecule has 0 bridgehead atoms. The van der Waals surface area contributed by atoms with E-state index >= 15 is 0 Å². The molecule has 25 heavy (non-hydrogen) atoms. The van der Waals surface area contributed by atoms with Crippen LogP contribution in [0.3, 0.4) is 0 Å². The van der Waals surface area contributed by atoms with Gasteiger partial charge in [-0.05, 0) is 18.5 Å². The Morgan fingerprint density at radius 2 is 1.92 bits per heavy atom. The van der Waals surface area contributed by atoms with Crippen molar-refractivity contribution in [2.45, 2.75) is 25.5 Å². The van der Waals surface area contributed by atoms with Gasteiger partial charge >= 0.3 is 0 Å². The Bertz CT molecular complexity index is 496. The van der Waals surface area contributed by atoms with Crippen molar-refractivity contribution in [2.24, 2.45) is 0 Å². The summed E-state index contributed by atoms with van der Waals surface area (Å²) in [4.78, 5) is 16.9. The number of carbonyl (C=O) groups excluding carboxylic acids is 1. The Morgan fingerprint density at radius 3 is 2.72 bits per heavy atom. The summed E-state index contributed by atoms with van der Waals surface area (Å²) >= 11 is 0. The minimum absolute atomic E-state index is 0. The van der Waals surface area contributed by atoms with E-state index in [-0.39, 0.29) is 36.8 Å². The van der Waals surface area contributed by atoms with Gasteiger partial charge in [0.25, 0.3) is 0 Å². The average molecular weight is 390 g/mol. The monoisotopic (exact) mass is 389 g/mol. The minimum Gasteiger partial charge on any atom is -0.375 e. The summed E-state index contributed by atoms with van der Waals surface area (Å²) in [7, 11) is 0. The van der Waals surface area contributed by atoms with Crippen LogP contribution in [0, 0.1) is 0 Å². The number of ether oxygens (including phenoxy) is 1. The first-order chi connectivity index (χ1) is 11.3. The molecule has 2 heterocycles. The van der Waals surface area contributed by atoms with Gasteiger partial charge in [0.2, 0.25) is 5.91 Å². The Morgan fingerprint density at radius 1 is 1.12 bits per heavy atom. The zero-order chi connectivity index (χ0) is 15.9. The van der Waals surface area contributed by atoms with Crippen molar-refractivity contribution in [1.29, 1.82) is 0 Å². The van der Waals surface area contributed by atoms with Crippen molar-refractivity contribution in [3.8, 4) is 0 Å². The van der Waals surface area contributed by atoms with E-state index in [1.54, 1.807) is 0 Å². The van der Waals surface area contributed by atoms with Crippen LogP contribution in [0.15, 0.2) is 30.3 Å². The summed E-state index contributed by atoms with van der Waals surface area (Å²) in [6.07, 6.45) is 1.57. The first-order valence-electron chi connectivity index (χ1n) is 8.67. The van der Waals surface area contributed by atoms with E-state index in [0.29, 0.717) is 13.0 Å². The molecule has 0 aliphatic carbocycles. The van der Waals surface area contributed by atoms with Crippen molar-refractivity contribution in [1.82, 2.24) is 15.1 Å². The van der Waals surface area contributed by atoms with Crippen molar-refractivity contribution >= 4 is 30.7 Å². The van der Waals surface area contributed by atoms with Gasteiger partial charge in [0.15, 0.2) is 0 Å². The van der Waals surface area contributed by atoms with Gasteiger partial charge in [-0.15, -0.1) is 24.8 Å². The van der Waals surface area contributed by atoms with Crippen molar-refractivity contribution < 1.29 is 9.53 Å². The number of morpholine rings is 1. The maximum atomic E-state index is 12.5. The molecule has 2 fully saturated rings. The second-order valence-corrected chi connectivity index (χ2v) is 6.40. The van der Waals surface area contributed by atoms with Crippen LogP contribution in [-0.2, 0) is 16.1 Å². The smallest absolute Gasteiger partial charge is 0.225 e. The van der Waals surface area contributed by atoms with Crippen LogP contribution in [0.1, 0.15) is 18.4 Å². The highest BCUT2D eigenvalue weighted by Gasteiger charge is 2.25. The Balaban J connectivity index is 0.00000156. The van der Waals surface area contributed by atoms with Crippen molar-refractivity contribution in [3.63, 3.8) is 0 Å². The van der Waals surface area contributed by atoms with Crippen LogP contribution in [0.2, 0.25) is 0 Å². The summed E-state index contributed by atoms with van der Waals surface area (Å²) < 4.78 is 5.83. The number of amides is 1. The van der Waals surface area contributed by atoms with E-state index < -0.39 is 0 Å². The predicted octanol–water partition coefficient (Wildman–Crippen LogP) is 1.94. The normalized spacial score (nSPS) is 21.6. The fraction of sp³-hybridized carbons (Fsp3) is 0.611. The zero-order valence-electron chi connectivity index (χ0n) is 14.6. The summed E-state index contributed by atoms with van der Waals surface area (Å²) in [5.74, 6) is 0.236. The molecular weight excluding hydrogens is 361 g/mol. The second kappa shape index (κ2) is 11.7. The zero-order valence-corrected chi connectivity index (χ0v) is 16.2. The fourth-order valence-electron chi connectivity index (χ4n) is 3.31. The van der Waals surface area contributed by atoms with Gasteiger partial charge in [-0.3, -0.25) is 9.69 Å². The van der Waals surface area contributed by atoms with E-state index in [9.17, 15) is 4.79 Å². The highest BCUT2D eigenvalue weighted by molar-refractivity contribution is 5.85. The van der Waals surface area contributed by atoms with E-state index in [2.05, 4.69) is 34.5 Å². The third kappa shape index (κ3) is 7.12. The van der Waals surface area contributed by atoms with Gasteiger partial charge in [0.05, 0.1) is 19.1 Å². The fourth-order valence-corrected chi connectivity index (χ4v) is 3.31. The van der Waals surface area contributed by atoms with Crippen molar-refractivity contribution in [3.05, 3.63) is 35.9 Å². The molecule has 2 aliphatic rings. The Hall–Kier alpha value is -0.850. The number of benzene rings is 1. The molecule has 3 rings (SSSR count). The minimum atomic E-state index is 0. The number of rotatable bonds is 4. The largest absolute Gasteiger partial charge is 0.375 e. The summed E-state index contributed by atoms with van der Waals surface area (Å²) in [5, 5.41) is 3.34. The van der Waals surface area contributed by atoms with Crippen molar-refractivity contribution in [2.75, 3.05) is 45.9 Å². The van der Waals surface area contributed by atoms with Crippen LogP contribution in [-0.4, -0.2) is 67.7 Å². The third-order valence-electron chi connectivity index (χ3n) is 4.57. The maximum Gasteiger partial charge on any atom is 0.225 e. The molecule has 7 heteroatoms. The number of nitrogens with one attached hydrogen (secondary N) is 1. The molecule has 1 unspecified atom stereocenters. The van der Waals surface area contributed by atoms with E-state index in [4.69, 9.17) is 4.74 Å². The molecule has 2 aliphatic heterocycles. The summed E-state index contributed by atoms with van der Waals surface area (Å²) in [6.45, 7) is 7.02. The molecule has 5 nitrogen and oxygen atoms in total. The lowest BCUT2D eigenvalue weighted by molar-refractivity contribution is -0.136. The number of carbonyl (C=O) groups is 1. The molecule has 1 atom stereocenters. The molecule has 1 amide bonds. The standard InChI is InChI=1S/C18H27N3O2.2ClH/c22-18(21-9-4-7-19-8-10-21)13-17-15-20(11-12-23-17)14-16-5-2-1-3-6-16;;/h1-3,5-6,17,19H,4,7-15H2;2*1H. The number of halogens is 2. The lowest BCUT2D eigenvalue weighted by Crippen LogP contribution is -2.45. The van der Waals surface area contributed by atoms with Gasteiger partial charge in [-0.25, -0.2) is 0 Å². The van der Waals surface area contributed by atoms with Gasteiger partial charge < -0.3 is 15.0 Å². The summed E-state index contributed by atoms with van der Waals surface area (Å²) in [5.41, 5.74) is 1.32. The average Bonchev–Trinajstić information content (AvgIpc) is 2.85. The molecule has 0 aromatic heterocycles. The topological polar surface area (TPSA) is 44.8 Å². The predicted molar refractivity (Wildman–Crippen MR) is 105 cm³/mol. The van der Waals surface area contributed by atoms with E-state index in [1.165, 1.54) is 5.56 Å². The highest BCUT2D eigenvalue weighted by atomic mass is 35.5. The first-order valence-corrected chi connectivity index (χ1v) is 8.67. The Kier molecular flexibility index (Phi) is 10.4. The van der Waals surface area contributed by atoms with Crippen LogP contribution in [0.25, 0.3) is 0 Å². The molecule has 1 N–H and O–H groups in total. The molecule has 0 saturated carbocycles. The number of hydrogen-bond donors (Lipinski definition) is 1. The van der Waals surface area contributed by atoms with Gasteiger partial charge in [-0.1, -0.05) is 30.3 Å². The van der Waals surface area contributed by atoms with Crippen LogP contribution >= 0.6 is 24.8 Å².